The molecular weight excluding hydrogens is 452 g/mol. The Morgan fingerprint density at radius 2 is 2.00 bits per heavy atom. The molecule has 6 nitrogen and oxygen atoms in total. The smallest absolute Gasteiger partial charge is 0.304 e. The lowest BCUT2D eigenvalue weighted by molar-refractivity contribution is -0.137. The van der Waals surface area contributed by atoms with Crippen molar-refractivity contribution in [2.75, 3.05) is 0 Å². The fourth-order valence-corrected chi connectivity index (χ4v) is 5.45. The Morgan fingerprint density at radius 3 is 2.53 bits per heavy atom. The van der Waals surface area contributed by atoms with Gasteiger partial charge in [-0.2, -0.15) is 0 Å². The van der Waals surface area contributed by atoms with Gasteiger partial charge in [0.25, 0.3) is 0 Å². The van der Waals surface area contributed by atoms with Gasteiger partial charge < -0.3 is 20.1 Å². The Bertz CT molecular complexity index is 938. The standard InChI is InChI=1S/C27H39ClN2O4/c1-6-22(21(28)10-16(4)5)29-23(31)13-19(14-24(32)33)26-25(18-7-8-18)27(34-30-26)20-11-17(12-20)9-15(2)3/h6,10,15,17-20,23,29,31H,4,7-9,11-14H2,1-3,5H3,(H,32,33)/b21-10+,22-6+/t17?,19-,20?,23?/m1/s1. The summed E-state index contributed by atoms with van der Waals surface area (Å²) in [6, 6.07) is 0. The highest BCUT2D eigenvalue weighted by Crippen LogP contribution is 2.52. The molecule has 1 aromatic heterocycles. The molecule has 0 spiro atoms. The van der Waals surface area contributed by atoms with E-state index in [0.717, 1.165) is 48.5 Å². The molecule has 0 radical (unpaired) electrons. The van der Waals surface area contributed by atoms with Gasteiger partial charge >= 0.3 is 5.97 Å². The van der Waals surface area contributed by atoms with E-state index in [0.29, 0.717) is 34.2 Å². The van der Waals surface area contributed by atoms with Crippen LogP contribution in [0.15, 0.2) is 39.6 Å². The van der Waals surface area contributed by atoms with Crippen LogP contribution >= 0.6 is 11.6 Å². The van der Waals surface area contributed by atoms with Crippen molar-refractivity contribution in [1.29, 1.82) is 0 Å². The third-order valence-electron chi connectivity index (χ3n) is 6.74. The minimum atomic E-state index is -0.992. The van der Waals surface area contributed by atoms with Crippen LogP contribution in [0.2, 0.25) is 0 Å². The molecule has 2 atom stereocenters. The first-order valence-corrected chi connectivity index (χ1v) is 12.8. The first-order valence-electron chi connectivity index (χ1n) is 12.4. The van der Waals surface area contributed by atoms with Gasteiger partial charge in [-0.1, -0.05) is 48.8 Å². The summed E-state index contributed by atoms with van der Waals surface area (Å²) in [5, 5.41) is 28.3. The van der Waals surface area contributed by atoms with Crippen molar-refractivity contribution >= 4 is 17.6 Å². The number of hydrogen-bond acceptors (Lipinski definition) is 5. The lowest BCUT2D eigenvalue weighted by Crippen LogP contribution is -2.31. The Morgan fingerprint density at radius 1 is 1.32 bits per heavy atom. The summed E-state index contributed by atoms with van der Waals surface area (Å²) in [5.74, 6) is 1.75. The fourth-order valence-electron chi connectivity index (χ4n) is 5.10. The summed E-state index contributed by atoms with van der Waals surface area (Å²) < 4.78 is 5.89. The lowest BCUT2D eigenvalue weighted by atomic mass is 9.69. The van der Waals surface area contributed by atoms with Gasteiger partial charge in [0, 0.05) is 23.8 Å². The molecule has 1 unspecified atom stereocenters. The van der Waals surface area contributed by atoms with Gasteiger partial charge in [0.2, 0.25) is 0 Å². The average molecular weight is 491 g/mol. The number of aliphatic hydroxyl groups excluding tert-OH is 1. The number of rotatable bonds is 13. The molecule has 0 amide bonds. The van der Waals surface area contributed by atoms with Gasteiger partial charge in [-0.25, -0.2) is 0 Å². The zero-order valence-corrected chi connectivity index (χ0v) is 21.6. The van der Waals surface area contributed by atoms with Crippen molar-refractivity contribution < 1.29 is 19.5 Å². The number of hydrogen-bond donors (Lipinski definition) is 3. The summed E-state index contributed by atoms with van der Waals surface area (Å²) in [4.78, 5) is 11.7. The molecule has 3 rings (SSSR count). The minimum absolute atomic E-state index is 0.119. The van der Waals surface area contributed by atoms with E-state index >= 15 is 0 Å². The number of nitrogens with one attached hydrogen (secondary N) is 1. The van der Waals surface area contributed by atoms with Crippen molar-refractivity contribution in [2.45, 2.75) is 96.6 Å². The van der Waals surface area contributed by atoms with Crippen LogP contribution in [0.4, 0.5) is 0 Å². The molecule has 0 aromatic carbocycles. The van der Waals surface area contributed by atoms with E-state index in [2.05, 4.69) is 30.9 Å². The number of carbonyl (C=O) groups is 1. The van der Waals surface area contributed by atoms with Gasteiger partial charge in [0.15, 0.2) is 0 Å². The summed E-state index contributed by atoms with van der Waals surface area (Å²) >= 11 is 6.34. The molecule has 2 aliphatic rings. The third kappa shape index (κ3) is 6.98. The molecule has 1 heterocycles. The summed E-state index contributed by atoms with van der Waals surface area (Å²) in [5.41, 5.74) is 3.18. The Balaban J connectivity index is 1.77. The molecule has 34 heavy (non-hydrogen) atoms. The van der Waals surface area contributed by atoms with Crippen molar-refractivity contribution in [3.05, 3.63) is 52.1 Å². The second kappa shape index (κ2) is 11.6. The van der Waals surface area contributed by atoms with E-state index in [-0.39, 0.29) is 12.8 Å². The molecule has 3 N–H and O–H groups in total. The summed E-state index contributed by atoms with van der Waals surface area (Å²) in [7, 11) is 0. The maximum Gasteiger partial charge on any atom is 0.304 e. The quantitative estimate of drug-likeness (QED) is 0.214. The third-order valence-corrected chi connectivity index (χ3v) is 7.05. The number of carboxylic acid groups (broad SMARTS) is 1. The molecule has 2 aliphatic carbocycles. The van der Waals surface area contributed by atoms with Crippen LogP contribution in [-0.2, 0) is 4.79 Å². The van der Waals surface area contributed by atoms with Crippen LogP contribution in [0.25, 0.3) is 0 Å². The molecule has 2 saturated carbocycles. The topological polar surface area (TPSA) is 95.6 Å². The number of aliphatic hydroxyl groups is 1. The van der Waals surface area contributed by atoms with E-state index in [1.165, 1.54) is 6.42 Å². The molecule has 0 saturated heterocycles. The van der Waals surface area contributed by atoms with Gasteiger partial charge in [-0.3, -0.25) is 4.79 Å². The molecule has 0 aliphatic heterocycles. The van der Waals surface area contributed by atoms with Crippen LogP contribution in [0.3, 0.4) is 0 Å². The van der Waals surface area contributed by atoms with E-state index in [1.54, 1.807) is 12.2 Å². The normalized spacial score (nSPS) is 22.9. The highest BCUT2D eigenvalue weighted by atomic mass is 35.5. The summed E-state index contributed by atoms with van der Waals surface area (Å²) in [6.45, 7) is 12.0. The Labute approximate surface area is 208 Å². The van der Waals surface area contributed by atoms with Crippen molar-refractivity contribution in [3.63, 3.8) is 0 Å². The molecule has 2 fully saturated rings. The molecule has 188 valence electrons. The largest absolute Gasteiger partial charge is 0.481 e. The predicted molar refractivity (Wildman–Crippen MR) is 135 cm³/mol. The lowest BCUT2D eigenvalue weighted by Gasteiger charge is -2.35. The van der Waals surface area contributed by atoms with Crippen LogP contribution in [0.5, 0.6) is 0 Å². The molecule has 7 heteroatoms. The van der Waals surface area contributed by atoms with E-state index in [9.17, 15) is 15.0 Å². The van der Waals surface area contributed by atoms with Gasteiger partial charge in [0.1, 0.15) is 12.0 Å². The number of nitrogens with zero attached hydrogens (tertiary/aromatic N) is 1. The maximum atomic E-state index is 11.7. The number of carboxylic acids is 1. The van der Waals surface area contributed by atoms with Crippen LogP contribution < -0.4 is 5.32 Å². The SMILES string of the molecule is C=C(C)/C=C(Cl)\C(=C/C)NC(O)C[C@H](CC(=O)O)c1noc(C2CC(CC(C)C)C2)c1C1CC1. The summed E-state index contributed by atoms with van der Waals surface area (Å²) in [6.07, 6.45) is 8.16. The molecular formula is C27H39ClN2O4. The van der Waals surface area contributed by atoms with Crippen LogP contribution in [0, 0.1) is 11.8 Å². The average Bonchev–Trinajstić information content (AvgIpc) is 3.45. The minimum Gasteiger partial charge on any atom is -0.481 e. The molecule has 1 aromatic rings. The zero-order chi connectivity index (χ0) is 25.0. The van der Waals surface area contributed by atoms with Crippen molar-refractivity contribution in [1.82, 2.24) is 10.5 Å². The van der Waals surface area contributed by atoms with E-state index < -0.39 is 18.1 Å². The molecule has 0 bridgehead atoms. The first kappa shape index (κ1) is 26.6. The number of allylic oxidation sites excluding steroid dienone is 4. The number of aliphatic carboxylic acids is 1. The van der Waals surface area contributed by atoms with E-state index in [4.69, 9.17) is 16.1 Å². The highest BCUT2D eigenvalue weighted by molar-refractivity contribution is 6.32. The number of halogens is 1. The zero-order valence-electron chi connectivity index (χ0n) is 20.8. The monoisotopic (exact) mass is 490 g/mol. The second-order valence-corrected chi connectivity index (χ2v) is 10.9. The number of aromatic nitrogens is 1. The predicted octanol–water partition coefficient (Wildman–Crippen LogP) is 6.55. The van der Waals surface area contributed by atoms with Crippen molar-refractivity contribution in [2.24, 2.45) is 11.8 Å². The van der Waals surface area contributed by atoms with E-state index in [1.807, 2.05) is 13.8 Å². The Hall–Kier alpha value is -2.05. The second-order valence-electron chi connectivity index (χ2n) is 10.5. The maximum absolute atomic E-state index is 11.7. The van der Waals surface area contributed by atoms with Gasteiger partial charge in [0.05, 0.1) is 22.8 Å². The van der Waals surface area contributed by atoms with Crippen LogP contribution in [0.1, 0.15) is 107 Å². The van der Waals surface area contributed by atoms with Crippen LogP contribution in [-0.4, -0.2) is 27.6 Å². The Kier molecular flexibility index (Phi) is 9.05. The first-order chi connectivity index (χ1) is 16.1. The van der Waals surface area contributed by atoms with Crippen molar-refractivity contribution in [3.8, 4) is 0 Å². The highest BCUT2D eigenvalue weighted by Gasteiger charge is 2.42. The van der Waals surface area contributed by atoms with Gasteiger partial charge in [-0.05, 0) is 69.8 Å². The fraction of sp³-hybridized carbons (Fsp3) is 0.630. The van der Waals surface area contributed by atoms with Gasteiger partial charge in [-0.15, -0.1) is 0 Å².